The van der Waals surface area contributed by atoms with Crippen LogP contribution < -0.4 is 0 Å². The van der Waals surface area contributed by atoms with Gasteiger partial charge in [0.05, 0.1) is 5.41 Å². The van der Waals surface area contributed by atoms with Gasteiger partial charge in [-0.1, -0.05) is 6.07 Å². The number of rotatable bonds is 3. The third-order valence-electron chi connectivity index (χ3n) is 3.92. The van der Waals surface area contributed by atoms with Crippen LogP contribution in [0.25, 0.3) is 0 Å². The number of nitrogens with zero attached hydrogens (tertiary/aromatic N) is 1. The van der Waals surface area contributed by atoms with E-state index in [0.717, 1.165) is 4.88 Å². The molecule has 0 bridgehead atoms. The zero-order valence-electron chi connectivity index (χ0n) is 13.3. The van der Waals surface area contributed by atoms with E-state index in [1.165, 1.54) is 0 Å². The van der Waals surface area contributed by atoms with E-state index < -0.39 is 17.0 Å². The summed E-state index contributed by atoms with van der Waals surface area (Å²) >= 11 is 1.58. The first kappa shape index (κ1) is 16.8. The van der Waals surface area contributed by atoms with Crippen molar-refractivity contribution in [2.24, 2.45) is 5.41 Å². The molecule has 5 nitrogen and oxygen atoms in total. The van der Waals surface area contributed by atoms with Gasteiger partial charge >= 0.3 is 12.1 Å². The zero-order chi connectivity index (χ0) is 16.4. The van der Waals surface area contributed by atoms with Crippen LogP contribution in [0.4, 0.5) is 4.79 Å². The molecule has 1 saturated heterocycles. The van der Waals surface area contributed by atoms with Crippen molar-refractivity contribution in [2.45, 2.75) is 45.6 Å². The van der Waals surface area contributed by atoms with Crippen molar-refractivity contribution in [3.63, 3.8) is 0 Å². The first-order valence-corrected chi connectivity index (χ1v) is 8.34. The fourth-order valence-corrected chi connectivity index (χ4v) is 3.51. The maximum Gasteiger partial charge on any atom is 0.410 e. The number of ether oxygens (including phenoxy) is 1. The van der Waals surface area contributed by atoms with E-state index in [9.17, 15) is 14.7 Å². The summed E-state index contributed by atoms with van der Waals surface area (Å²) in [5.41, 5.74) is -1.31. The van der Waals surface area contributed by atoms with Crippen molar-refractivity contribution in [1.29, 1.82) is 0 Å². The molecule has 1 amide bonds. The number of carbonyl (C=O) groups excluding carboxylic acids is 1. The molecule has 0 unspecified atom stereocenters. The minimum Gasteiger partial charge on any atom is -0.481 e. The number of carboxylic acids is 1. The van der Waals surface area contributed by atoms with Crippen molar-refractivity contribution >= 4 is 23.4 Å². The normalized spacial score (nSPS) is 18.0. The minimum atomic E-state index is -0.774. The van der Waals surface area contributed by atoms with Gasteiger partial charge in [0.15, 0.2) is 0 Å². The van der Waals surface area contributed by atoms with Crippen LogP contribution in [0, 0.1) is 5.41 Å². The molecule has 1 aliphatic heterocycles. The van der Waals surface area contributed by atoms with Crippen molar-refractivity contribution in [2.75, 3.05) is 13.1 Å². The number of piperidine rings is 1. The fourth-order valence-electron chi connectivity index (χ4n) is 2.66. The van der Waals surface area contributed by atoms with Gasteiger partial charge in [-0.15, -0.1) is 11.3 Å². The minimum absolute atomic E-state index is 0.359. The van der Waals surface area contributed by atoms with Crippen LogP contribution in [0.15, 0.2) is 17.5 Å². The number of hydrogen-bond donors (Lipinski definition) is 1. The second kappa shape index (κ2) is 6.28. The monoisotopic (exact) mass is 325 g/mol. The lowest BCUT2D eigenvalue weighted by Gasteiger charge is -2.39. The van der Waals surface area contributed by atoms with Gasteiger partial charge in [-0.2, -0.15) is 0 Å². The van der Waals surface area contributed by atoms with E-state index in [2.05, 4.69) is 0 Å². The topological polar surface area (TPSA) is 66.8 Å². The molecule has 1 aromatic rings. The highest BCUT2D eigenvalue weighted by Crippen LogP contribution is 2.37. The summed E-state index contributed by atoms with van der Waals surface area (Å²) in [5.74, 6) is -0.773. The van der Waals surface area contributed by atoms with Crippen LogP contribution in [0.5, 0.6) is 0 Å². The predicted molar refractivity (Wildman–Crippen MR) is 85.1 cm³/mol. The molecule has 1 aromatic heterocycles. The van der Waals surface area contributed by atoms with Gasteiger partial charge in [0.1, 0.15) is 5.60 Å². The molecule has 1 aliphatic rings. The Hall–Kier alpha value is -1.56. The number of hydrogen-bond acceptors (Lipinski definition) is 4. The Morgan fingerprint density at radius 1 is 1.36 bits per heavy atom. The number of likely N-dealkylation sites (tertiary alicyclic amines) is 1. The van der Waals surface area contributed by atoms with Crippen LogP contribution in [-0.4, -0.2) is 40.8 Å². The van der Waals surface area contributed by atoms with E-state index in [4.69, 9.17) is 4.74 Å². The van der Waals surface area contributed by atoms with Crippen molar-refractivity contribution in [3.8, 4) is 0 Å². The number of aliphatic carboxylic acids is 1. The van der Waals surface area contributed by atoms with Crippen LogP contribution >= 0.6 is 11.3 Å². The molecule has 6 heteroatoms. The Morgan fingerprint density at radius 3 is 2.45 bits per heavy atom. The van der Waals surface area contributed by atoms with E-state index in [1.54, 1.807) is 16.2 Å². The van der Waals surface area contributed by atoms with Crippen molar-refractivity contribution in [1.82, 2.24) is 4.90 Å². The van der Waals surface area contributed by atoms with Crippen LogP contribution in [0.2, 0.25) is 0 Å². The molecule has 1 N–H and O–H groups in total. The summed E-state index contributed by atoms with van der Waals surface area (Å²) in [7, 11) is 0. The second-order valence-corrected chi connectivity index (χ2v) is 7.84. The number of carboxylic acid groups (broad SMARTS) is 1. The second-order valence-electron chi connectivity index (χ2n) is 6.81. The van der Waals surface area contributed by atoms with E-state index in [0.29, 0.717) is 32.4 Å². The largest absolute Gasteiger partial charge is 0.481 e. The van der Waals surface area contributed by atoms with Crippen molar-refractivity contribution < 1.29 is 19.4 Å². The van der Waals surface area contributed by atoms with E-state index in [1.807, 2.05) is 38.3 Å². The molecule has 0 aliphatic carbocycles. The third-order valence-corrected chi connectivity index (χ3v) is 4.80. The summed E-state index contributed by atoms with van der Waals surface area (Å²) < 4.78 is 5.35. The number of carbonyl (C=O) groups is 2. The molecular formula is C16H23NO4S. The van der Waals surface area contributed by atoms with Gasteiger partial charge in [-0.25, -0.2) is 4.79 Å². The highest BCUT2D eigenvalue weighted by molar-refractivity contribution is 7.09. The molecule has 2 rings (SSSR count). The Balaban J connectivity index is 2.01. The zero-order valence-corrected chi connectivity index (χ0v) is 14.1. The molecule has 0 radical (unpaired) electrons. The summed E-state index contributed by atoms with van der Waals surface area (Å²) in [5, 5.41) is 11.6. The van der Waals surface area contributed by atoms with Gasteiger partial charge in [0.2, 0.25) is 0 Å². The van der Waals surface area contributed by atoms with Gasteiger partial charge in [-0.05, 0) is 51.5 Å². The summed E-state index contributed by atoms with van der Waals surface area (Å²) in [4.78, 5) is 26.5. The van der Waals surface area contributed by atoms with Gasteiger partial charge in [-0.3, -0.25) is 4.79 Å². The molecule has 2 heterocycles. The molecule has 122 valence electrons. The summed E-state index contributed by atoms with van der Waals surface area (Å²) in [6, 6.07) is 3.90. The van der Waals surface area contributed by atoms with E-state index in [-0.39, 0.29) is 6.09 Å². The quantitative estimate of drug-likeness (QED) is 0.925. The Bertz CT molecular complexity index is 525. The summed E-state index contributed by atoms with van der Waals surface area (Å²) in [6.07, 6.45) is 1.09. The van der Waals surface area contributed by atoms with Gasteiger partial charge in [0.25, 0.3) is 0 Å². The lowest BCUT2D eigenvalue weighted by atomic mass is 9.75. The lowest BCUT2D eigenvalue weighted by Crippen LogP contribution is -2.48. The predicted octanol–water partition coefficient (Wildman–Crippen LogP) is 3.39. The van der Waals surface area contributed by atoms with Gasteiger partial charge < -0.3 is 14.7 Å². The average Bonchev–Trinajstić information content (AvgIpc) is 2.90. The smallest absolute Gasteiger partial charge is 0.410 e. The molecule has 1 fully saturated rings. The summed E-state index contributed by atoms with van der Waals surface area (Å²) in [6.45, 7) is 6.33. The SMILES string of the molecule is CC(C)(C)OC(=O)N1CCC(Cc2cccs2)(C(=O)O)CC1. The molecule has 0 aromatic carbocycles. The standard InChI is InChI=1S/C16H23NO4S/c1-15(2,3)21-14(20)17-8-6-16(7-9-17,13(18)19)11-12-5-4-10-22-12/h4-5,10H,6-9,11H2,1-3H3,(H,18,19). The molecule has 0 atom stereocenters. The first-order chi connectivity index (χ1) is 10.2. The highest BCUT2D eigenvalue weighted by Gasteiger charge is 2.43. The molecular weight excluding hydrogens is 302 g/mol. The number of amides is 1. The molecule has 0 spiro atoms. The molecule has 22 heavy (non-hydrogen) atoms. The van der Waals surface area contributed by atoms with Crippen LogP contribution in [0.3, 0.4) is 0 Å². The van der Waals surface area contributed by atoms with Crippen molar-refractivity contribution in [3.05, 3.63) is 22.4 Å². The van der Waals surface area contributed by atoms with E-state index >= 15 is 0 Å². The van der Waals surface area contributed by atoms with Crippen LogP contribution in [0.1, 0.15) is 38.5 Å². The Kier molecular flexibility index (Phi) is 4.80. The Morgan fingerprint density at radius 2 is 2.00 bits per heavy atom. The van der Waals surface area contributed by atoms with Gasteiger partial charge in [0, 0.05) is 18.0 Å². The fraction of sp³-hybridized carbons (Fsp3) is 0.625. The maximum atomic E-state index is 12.1. The lowest BCUT2D eigenvalue weighted by molar-refractivity contribution is -0.152. The highest BCUT2D eigenvalue weighted by atomic mass is 32.1. The maximum absolute atomic E-state index is 12.1. The first-order valence-electron chi connectivity index (χ1n) is 7.46. The number of thiophene rings is 1. The third kappa shape index (κ3) is 4.00. The Labute approximate surface area is 134 Å². The molecule has 0 saturated carbocycles. The van der Waals surface area contributed by atoms with Crippen LogP contribution in [-0.2, 0) is 16.0 Å². The average molecular weight is 325 g/mol.